The number of benzene rings is 1. The maximum Gasteiger partial charge on any atom is 0.205 e. The van der Waals surface area contributed by atoms with E-state index in [1.54, 1.807) is 0 Å². The Labute approximate surface area is 79.2 Å². The van der Waals surface area contributed by atoms with E-state index in [1.165, 1.54) is 0 Å². The van der Waals surface area contributed by atoms with Gasteiger partial charge in [-0.3, -0.25) is 5.10 Å². The maximum atomic E-state index is 5.26. The van der Waals surface area contributed by atoms with Crippen molar-refractivity contribution in [2.45, 2.75) is 0 Å². The van der Waals surface area contributed by atoms with Gasteiger partial charge in [-0.15, -0.1) is 0 Å². The highest BCUT2D eigenvalue weighted by atomic mass is 16.5. The van der Waals surface area contributed by atoms with Gasteiger partial charge in [0.1, 0.15) is 5.52 Å². The molecule has 0 aliphatic carbocycles. The first-order valence-electron chi connectivity index (χ1n) is 4.40. The Morgan fingerprint density at radius 2 is 2.07 bits per heavy atom. The van der Waals surface area contributed by atoms with E-state index in [0.29, 0.717) is 0 Å². The lowest BCUT2D eigenvalue weighted by Crippen LogP contribution is -1.73. The number of fused-ring (bicyclic) bond motifs is 3. The van der Waals surface area contributed by atoms with E-state index in [4.69, 9.17) is 4.52 Å². The summed E-state index contributed by atoms with van der Waals surface area (Å²) < 4.78 is 5.26. The molecule has 2 aromatic heterocycles. The summed E-state index contributed by atoms with van der Waals surface area (Å²) in [6, 6.07) is 9.98. The summed E-state index contributed by atoms with van der Waals surface area (Å²) in [4.78, 5) is 3.18. The number of hydrogen-bond acceptors (Lipinski definition) is 1. The molecule has 70 valence electrons. The lowest BCUT2D eigenvalue weighted by molar-refractivity contribution is 0.425. The van der Waals surface area contributed by atoms with Crippen molar-refractivity contribution in [2.75, 3.05) is 0 Å². The fourth-order valence-electron chi connectivity index (χ4n) is 1.57. The molecular weight excluding hydrogens is 178 g/mol. The van der Waals surface area contributed by atoms with Crippen LogP contribution in [-0.4, -0.2) is 15.4 Å². The van der Waals surface area contributed by atoms with Crippen LogP contribution in [0.3, 0.4) is 0 Å². The lowest BCUT2D eigenvalue weighted by atomic mass is 10.2. The average Bonchev–Trinajstić information content (AvgIpc) is 2.55. The van der Waals surface area contributed by atoms with E-state index >= 15 is 0 Å². The van der Waals surface area contributed by atoms with Crippen LogP contribution in [0.15, 0.2) is 41.1 Å². The molecule has 0 saturated heterocycles. The van der Waals surface area contributed by atoms with Gasteiger partial charge in [-0.2, -0.15) is 5.27 Å². The quantitative estimate of drug-likeness (QED) is 0.497. The standard InChI is InChI=1S/C10H9N3O/c1-2-6-11-9-7(3-1)4-5-8-10(9)14-13-12-8/h1-6,11-13H. The van der Waals surface area contributed by atoms with Gasteiger partial charge in [-0.1, -0.05) is 18.2 Å². The zero-order valence-corrected chi connectivity index (χ0v) is 7.37. The molecule has 4 nitrogen and oxygen atoms in total. The van der Waals surface area contributed by atoms with Gasteiger partial charge < -0.3 is 9.51 Å². The minimum atomic E-state index is 0.804. The van der Waals surface area contributed by atoms with Crippen molar-refractivity contribution in [1.82, 2.24) is 15.4 Å². The second-order valence-electron chi connectivity index (χ2n) is 3.10. The Balaban J connectivity index is 2.64. The van der Waals surface area contributed by atoms with Gasteiger partial charge in [0, 0.05) is 11.6 Å². The van der Waals surface area contributed by atoms with Crippen LogP contribution < -0.4 is 0 Å². The van der Waals surface area contributed by atoms with Gasteiger partial charge >= 0.3 is 0 Å². The van der Waals surface area contributed by atoms with Gasteiger partial charge in [-0.25, -0.2) is 0 Å². The zero-order chi connectivity index (χ0) is 9.38. The van der Waals surface area contributed by atoms with Crippen LogP contribution in [0.2, 0.25) is 0 Å². The minimum absolute atomic E-state index is 0.804. The summed E-state index contributed by atoms with van der Waals surface area (Å²) in [7, 11) is 0. The summed E-state index contributed by atoms with van der Waals surface area (Å²) >= 11 is 0. The molecule has 0 saturated carbocycles. The largest absolute Gasteiger partial charge is 0.362 e. The van der Waals surface area contributed by atoms with Crippen LogP contribution in [0.25, 0.3) is 22.0 Å². The third-order valence-corrected chi connectivity index (χ3v) is 2.24. The molecule has 0 unspecified atom stereocenters. The Kier molecular flexibility index (Phi) is 1.41. The molecule has 0 aliphatic rings. The van der Waals surface area contributed by atoms with Crippen molar-refractivity contribution in [3.05, 3.63) is 36.5 Å². The van der Waals surface area contributed by atoms with Crippen molar-refractivity contribution in [3.63, 3.8) is 0 Å². The van der Waals surface area contributed by atoms with Gasteiger partial charge in [0.25, 0.3) is 0 Å². The van der Waals surface area contributed by atoms with Crippen molar-refractivity contribution in [3.8, 4) is 0 Å². The maximum absolute atomic E-state index is 5.26. The number of H-pyrrole nitrogens is 3. The van der Waals surface area contributed by atoms with E-state index < -0.39 is 0 Å². The molecule has 4 heteroatoms. The molecule has 0 fully saturated rings. The van der Waals surface area contributed by atoms with Crippen LogP contribution in [-0.2, 0) is 0 Å². The SMILES string of the molecule is c1ccc2ccc3[nH][nH]oc3c2[nH]c1. The number of aromatic amines is 3. The lowest BCUT2D eigenvalue weighted by Gasteiger charge is -1.91. The molecule has 0 radical (unpaired) electrons. The molecule has 0 spiro atoms. The fourth-order valence-corrected chi connectivity index (χ4v) is 1.57. The van der Waals surface area contributed by atoms with Crippen LogP contribution in [0.4, 0.5) is 0 Å². The van der Waals surface area contributed by atoms with Crippen molar-refractivity contribution in [2.24, 2.45) is 0 Å². The van der Waals surface area contributed by atoms with Gasteiger partial charge in [-0.05, 0) is 12.1 Å². The Hall–Kier alpha value is -2.10. The highest BCUT2D eigenvalue weighted by Gasteiger charge is 2.01. The van der Waals surface area contributed by atoms with Gasteiger partial charge in [0.05, 0.1) is 5.52 Å². The van der Waals surface area contributed by atoms with E-state index in [9.17, 15) is 0 Å². The highest BCUT2D eigenvalue weighted by molar-refractivity contribution is 5.99. The zero-order valence-electron chi connectivity index (χ0n) is 7.37. The molecule has 2 heterocycles. The number of rotatable bonds is 0. The van der Waals surface area contributed by atoms with Crippen molar-refractivity contribution >= 4 is 22.0 Å². The summed E-state index contributed by atoms with van der Waals surface area (Å²) in [5, 5.41) is 6.64. The molecule has 14 heavy (non-hydrogen) atoms. The molecule has 3 N–H and O–H groups in total. The first-order chi connectivity index (χ1) is 6.95. The second kappa shape index (κ2) is 2.70. The highest BCUT2D eigenvalue weighted by Crippen LogP contribution is 2.20. The molecule has 1 aromatic carbocycles. The van der Waals surface area contributed by atoms with E-state index in [1.807, 2.05) is 36.5 Å². The number of nitrogens with one attached hydrogen (secondary N) is 3. The van der Waals surface area contributed by atoms with Gasteiger partial charge in [0.15, 0.2) is 0 Å². The van der Waals surface area contributed by atoms with E-state index in [2.05, 4.69) is 15.4 Å². The molecule has 3 aromatic rings. The first kappa shape index (κ1) is 7.32. The van der Waals surface area contributed by atoms with Crippen molar-refractivity contribution in [1.29, 1.82) is 0 Å². The molecule has 0 aliphatic heterocycles. The summed E-state index contributed by atoms with van der Waals surface area (Å²) in [5.41, 5.74) is 2.73. The number of aromatic nitrogens is 3. The second-order valence-corrected chi connectivity index (χ2v) is 3.10. The molecular formula is C10H9N3O. The van der Waals surface area contributed by atoms with Crippen LogP contribution in [0.1, 0.15) is 0 Å². The monoisotopic (exact) mass is 187 g/mol. The Morgan fingerprint density at radius 1 is 1.07 bits per heavy atom. The third-order valence-electron chi connectivity index (χ3n) is 2.24. The van der Waals surface area contributed by atoms with E-state index in [-0.39, 0.29) is 0 Å². The minimum Gasteiger partial charge on any atom is -0.362 e. The average molecular weight is 187 g/mol. The van der Waals surface area contributed by atoms with Gasteiger partial charge in [0.2, 0.25) is 5.58 Å². The Bertz CT molecular complexity index is 609. The first-order valence-corrected chi connectivity index (χ1v) is 4.40. The molecule has 0 amide bonds. The van der Waals surface area contributed by atoms with Crippen LogP contribution in [0, 0.1) is 0 Å². The summed E-state index contributed by atoms with van der Waals surface area (Å²) in [6.45, 7) is 0. The molecule has 3 rings (SSSR count). The summed E-state index contributed by atoms with van der Waals surface area (Å²) in [5.74, 6) is 0. The predicted molar refractivity (Wildman–Crippen MR) is 54.4 cm³/mol. The number of hydrogen-bond donors (Lipinski definition) is 3. The fraction of sp³-hybridized carbons (Fsp3) is 0. The van der Waals surface area contributed by atoms with Crippen LogP contribution in [0.5, 0.6) is 0 Å². The van der Waals surface area contributed by atoms with Crippen molar-refractivity contribution < 1.29 is 4.52 Å². The topological polar surface area (TPSA) is 60.5 Å². The van der Waals surface area contributed by atoms with Crippen LogP contribution >= 0.6 is 0 Å². The summed E-state index contributed by atoms with van der Waals surface area (Å²) in [6.07, 6.45) is 1.88. The predicted octanol–water partition coefficient (Wildman–Crippen LogP) is 2.69. The third kappa shape index (κ3) is 0.939. The normalized spacial score (nSPS) is 10.9. The Morgan fingerprint density at radius 3 is 3.07 bits per heavy atom. The smallest absolute Gasteiger partial charge is 0.205 e. The molecule has 0 bridgehead atoms. The molecule has 0 atom stereocenters. The van der Waals surface area contributed by atoms with E-state index in [0.717, 1.165) is 22.0 Å².